The highest BCUT2D eigenvalue weighted by atomic mass is 35.5. The fraction of sp³-hybridized carbons (Fsp3) is 0. The Hall–Kier alpha value is -1.18. The lowest BCUT2D eigenvalue weighted by atomic mass is 10.2. The molecule has 0 aliphatic heterocycles. The van der Waals surface area contributed by atoms with Crippen LogP contribution in [0.15, 0.2) is 48.5 Å². The Balaban J connectivity index is 2.28. The van der Waals surface area contributed by atoms with E-state index < -0.39 is 0 Å². The summed E-state index contributed by atoms with van der Waals surface area (Å²) in [5.74, 6) is 0. The molecule has 2 aromatic carbocycles. The molecule has 0 atom stereocenters. The Kier molecular flexibility index (Phi) is 3.14. The van der Waals surface area contributed by atoms with Gasteiger partial charge in [0.05, 0.1) is 10.7 Å². The number of benzene rings is 2. The van der Waals surface area contributed by atoms with Gasteiger partial charge >= 0.3 is 0 Å². The van der Waals surface area contributed by atoms with Crippen LogP contribution in [-0.2, 0) is 0 Å². The molecule has 3 heteroatoms. The number of hydrogen-bond acceptors (Lipinski definition) is 1. The lowest BCUT2D eigenvalue weighted by molar-refractivity contribution is 1.55. The van der Waals surface area contributed by atoms with Crippen molar-refractivity contribution < 1.29 is 0 Å². The molecule has 2 rings (SSSR count). The van der Waals surface area contributed by atoms with Gasteiger partial charge in [-0.2, -0.15) is 0 Å². The van der Waals surface area contributed by atoms with Crippen LogP contribution in [0.2, 0.25) is 10.0 Å². The Morgan fingerprint density at radius 2 is 1.60 bits per heavy atom. The summed E-state index contributed by atoms with van der Waals surface area (Å²) < 4.78 is 0. The SMILES string of the molecule is Clc1ccc(Cl)c(Nc2ccccc2)c1. The molecule has 0 aliphatic rings. The van der Waals surface area contributed by atoms with E-state index in [-0.39, 0.29) is 0 Å². The maximum absolute atomic E-state index is 6.02. The standard InChI is InChI=1S/C12H9Cl2N/c13-9-6-7-11(14)12(8-9)15-10-4-2-1-3-5-10/h1-8,15H. The van der Waals surface area contributed by atoms with Crippen molar-refractivity contribution in [1.29, 1.82) is 0 Å². The van der Waals surface area contributed by atoms with Gasteiger partial charge in [-0.3, -0.25) is 0 Å². The lowest BCUT2D eigenvalue weighted by Crippen LogP contribution is -1.90. The minimum absolute atomic E-state index is 0.656. The van der Waals surface area contributed by atoms with Gasteiger partial charge in [-0.05, 0) is 30.3 Å². The molecular weight excluding hydrogens is 229 g/mol. The van der Waals surface area contributed by atoms with Crippen LogP contribution in [0.1, 0.15) is 0 Å². The molecule has 0 aliphatic carbocycles. The van der Waals surface area contributed by atoms with Crippen LogP contribution in [0.3, 0.4) is 0 Å². The topological polar surface area (TPSA) is 12.0 Å². The maximum atomic E-state index is 6.02. The summed E-state index contributed by atoms with van der Waals surface area (Å²) in [6.45, 7) is 0. The number of para-hydroxylation sites is 1. The highest BCUT2D eigenvalue weighted by molar-refractivity contribution is 6.35. The second-order valence-electron chi connectivity index (χ2n) is 3.12. The maximum Gasteiger partial charge on any atom is 0.0642 e. The first-order chi connectivity index (χ1) is 7.25. The molecule has 15 heavy (non-hydrogen) atoms. The van der Waals surface area contributed by atoms with Gasteiger partial charge in [0.15, 0.2) is 0 Å². The van der Waals surface area contributed by atoms with E-state index in [4.69, 9.17) is 23.2 Å². The van der Waals surface area contributed by atoms with Gasteiger partial charge in [-0.15, -0.1) is 0 Å². The average Bonchev–Trinajstić information content (AvgIpc) is 2.25. The molecule has 1 nitrogen and oxygen atoms in total. The first-order valence-corrected chi connectivity index (χ1v) is 5.28. The van der Waals surface area contributed by atoms with Gasteiger partial charge in [-0.25, -0.2) is 0 Å². The number of anilines is 2. The van der Waals surface area contributed by atoms with E-state index in [1.54, 1.807) is 18.2 Å². The van der Waals surface area contributed by atoms with Crippen LogP contribution in [0.25, 0.3) is 0 Å². The zero-order valence-corrected chi connectivity index (χ0v) is 9.39. The monoisotopic (exact) mass is 237 g/mol. The molecule has 0 radical (unpaired) electrons. The summed E-state index contributed by atoms with van der Waals surface area (Å²) >= 11 is 11.9. The average molecular weight is 238 g/mol. The first-order valence-electron chi connectivity index (χ1n) is 4.53. The van der Waals surface area contributed by atoms with Crippen LogP contribution < -0.4 is 5.32 Å². The minimum Gasteiger partial charge on any atom is -0.354 e. The summed E-state index contributed by atoms with van der Waals surface area (Å²) in [6, 6.07) is 15.2. The Morgan fingerprint density at radius 3 is 2.33 bits per heavy atom. The summed E-state index contributed by atoms with van der Waals surface area (Å²) in [5.41, 5.74) is 1.80. The van der Waals surface area contributed by atoms with E-state index in [0.29, 0.717) is 10.0 Å². The molecule has 0 saturated heterocycles. The normalized spacial score (nSPS) is 10.0. The molecule has 0 amide bonds. The highest BCUT2D eigenvalue weighted by Gasteiger charge is 2.00. The molecule has 0 spiro atoms. The van der Waals surface area contributed by atoms with Gasteiger partial charge in [0.25, 0.3) is 0 Å². The van der Waals surface area contributed by atoms with Crippen molar-refractivity contribution in [2.24, 2.45) is 0 Å². The van der Waals surface area contributed by atoms with Crippen molar-refractivity contribution in [2.45, 2.75) is 0 Å². The van der Waals surface area contributed by atoms with Gasteiger partial charge < -0.3 is 5.32 Å². The van der Waals surface area contributed by atoms with Crippen molar-refractivity contribution in [3.05, 3.63) is 58.6 Å². The summed E-state index contributed by atoms with van der Waals surface area (Å²) in [4.78, 5) is 0. The lowest BCUT2D eigenvalue weighted by Gasteiger charge is -2.08. The number of nitrogens with one attached hydrogen (secondary N) is 1. The van der Waals surface area contributed by atoms with Crippen LogP contribution in [-0.4, -0.2) is 0 Å². The third-order valence-electron chi connectivity index (χ3n) is 1.98. The third-order valence-corrected chi connectivity index (χ3v) is 2.55. The van der Waals surface area contributed by atoms with Crippen LogP contribution >= 0.6 is 23.2 Å². The largest absolute Gasteiger partial charge is 0.354 e. The van der Waals surface area contributed by atoms with Crippen molar-refractivity contribution in [1.82, 2.24) is 0 Å². The van der Waals surface area contributed by atoms with Crippen LogP contribution in [0.4, 0.5) is 11.4 Å². The third kappa shape index (κ3) is 2.65. The first kappa shape index (κ1) is 10.3. The molecule has 2 aromatic rings. The van der Waals surface area contributed by atoms with E-state index in [2.05, 4.69) is 5.32 Å². The Bertz CT molecular complexity index is 454. The molecule has 0 saturated carbocycles. The molecule has 0 fully saturated rings. The second kappa shape index (κ2) is 4.56. The van der Waals surface area contributed by atoms with Crippen molar-refractivity contribution in [2.75, 3.05) is 5.32 Å². The number of hydrogen-bond donors (Lipinski definition) is 1. The highest BCUT2D eigenvalue weighted by Crippen LogP contribution is 2.28. The fourth-order valence-corrected chi connectivity index (χ4v) is 1.61. The zero-order chi connectivity index (χ0) is 10.7. The smallest absolute Gasteiger partial charge is 0.0642 e. The zero-order valence-electron chi connectivity index (χ0n) is 7.87. The van der Waals surface area contributed by atoms with E-state index >= 15 is 0 Å². The number of rotatable bonds is 2. The Morgan fingerprint density at radius 1 is 0.867 bits per heavy atom. The van der Waals surface area contributed by atoms with Crippen LogP contribution in [0.5, 0.6) is 0 Å². The van der Waals surface area contributed by atoms with Gasteiger partial charge in [0.2, 0.25) is 0 Å². The van der Waals surface area contributed by atoms with E-state index in [9.17, 15) is 0 Å². The molecule has 0 aromatic heterocycles. The van der Waals surface area contributed by atoms with Crippen LogP contribution in [0, 0.1) is 0 Å². The minimum atomic E-state index is 0.656. The van der Waals surface area contributed by atoms with Crippen molar-refractivity contribution in [3.8, 4) is 0 Å². The summed E-state index contributed by atoms with van der Waals surface area (Å²) in [5, 5.41) is 4.52. The predicted molar refractivity (Wildman–Crippen MR) is 66.2 cm³/mol. The summed E-state index contributed by atoms with van der Waals surface area (Å²) in [6.07, 6.45) is 0. The van der Waals surface area contributed by atoms with E-state index in [0.717, 1.165) is 11.4 Å². The second-order valence-corrected chi connectivity index (χ2v) is 3.96. The van der Waals surface area contributed by atoms with E-state index in [1.165, 1.54) is 0 Å². The molecule has 0 heterocycles. The molecule has 76 valence electrons. The van der Waals surface area contributed by atoms with Gasteiger partial charge in [0, 0.05) is 10.7 Å². The fourth-order valence-electron chi connectivity index (χ4n) is 1.27. The van der Waals surface area contributed by atoms with Crippen molar-refractivity contribution >= 4 is 34.6 Å². The molecular formula is C12H9Cl2N. The molecule has 0 bridgehead atoms. The number of halogens is 2. The quantitative estimate of drug-likeness (QED) is 0.796. The van der Waals surface area contributed by atoms with Crippen molar-refractivity contribution in [3.63, 3.8) is 0 Å². The van der Waals surface area contributed by atoms with E-state index in [1.807, 2.05) is 30.3 Å². The predicted octanol–water partition coefficient (Wildman–Crippen LogP) is 4.74. The molecule has 1 N–H and O–H groups in total. The Labute approximate surface area is 98.6 Å². The summed E-state index contributed by atoms with van der Waals surface area (Å²) in [7, 11) is 0. The van der Waals surface area contributed by atoms with Gasteiger partial charge in [-0.1, -0.05) is 41.4 Å². The molecule has 0 unspecified atom stereocenters. The van der Waals surface area contributed by atoms with Gasteiger partial charge in [0.1, 0.15) is 0 Å².